The van der Waals surface area contributed by atoms with Crippen molar-refractivity contribution in [2.75, 3.05) is 26.0 Å². The van der Waals surface area contributed by atoms with Gasteiger partial charge in [0.05, 0.1) is 25.4 Å². The molecule has 1 atom stereocenters. The third-order valence-corrected chi connectivity index (χ3v) is 6.07. The van der Waals surface area contributed by atoms with E-state index in [1.165, 1.54) is 18.2 Å². The summed E-state index contributed by atoms with van der Waals surface area (Å²) < 4.78 is 44.0. The van der Waals surface area contributed by atoms with Crippen molar-refractivity contribution >= 4 is 15.8 Å². The molecule has 2 rings (SSSR count). The molecule has 0 saturated carbocycles. The van der Waals surface area contributed by atoms with Crippen molar-refractivity contribution in [1.29, 1.82) is 0 Å². The summed E-state index contributed by atoms with van der Waals surface area (Å²) in [6.45, 7) is 6.52. The van der Waals surface area contributed by atoms with Gasteiger partial charge < -0.3 is 15.4 Å². The number of nitrogens with one attached hydrogen (secondary N) is 2. The molecule has 0 aromatic heterocycles. The fourth-order valence-corrected chi connectivity index (χ4v) is 4.08. The Balaban J connectivity index is 2.12. The van der Waals surface area contributed by atoms with Gasteiger partial charge in [0.15, 0.2) is 15.8 Å². The lowest BCUT2D eigenvalue weighted by atomic mass is 10.0. The number of benzene rings is 2. The molecule has 158 valence electrons. The number of ether oxygens (including phenoxy) is 1. The van der Waals surface area contributed by atoms with E-state index in [2.05, 4.69) is 15.6 Å². The van der Waals surface area contributed by atoms with E-state index in [1.54, 1.807) is 7.11 Å². The predicted molar refractivity (Wildman–Crippen MR) is 114 cm³/mol. The maximum Gasteiger partial charge on any atom is 0.191 e. The number of rotatable bonds is 8. The first-order chi connectivity index (χ1) is 13.8. The lowest BCUT2D eigenvalue weighted by Crippen LogP contribution is -2.39. The molecule has 29 heavy (non-hydrogen) atoms. The molecule has 0 aliphatic carbocycles. The highest BCUT2D eigenvalue weighted by Crippen LogP contribution is 2.26. The van der Waals surface area contributed by atoms with Crippen molar-refractivity contribution in [3.05, 3.63) is 59.4 Å². The van der Waals surface area contributed by atoms with Crippen molar-refractivity contribution in [1.82, 2.24) is 10.6 Å². The van der Waals surface area contributed by atoms with Gasteiger partial charge in [-0.1, -0.05) is 29.8 Å². The first-order valence-corrected chi connectivity index (χ1v) is 11.1. The predicted octanol–water partition coefficient (Wildman–Crippen LogP) is 3.23. The van der Waals surface area contributed by atoms with Crippen LogP contribution in [0.4, 0.5) is 4.39 Å². The number of nitrogens with zero attached hydrogens (tertiary/aromatic N) is 1. The molecule has 6 nitrogen and oxygen atoms in total. The molecule has 0 bridgehead atoms. The van der Waals surface area contributed by atoms with E-state index < -0.39 is 15.7 Å². The highest BCUT2D eigenvalue weighted by molar-refractivity contribution is 7.91. The van der Waals surface area contributed by atoms with Crippen molar-refractivity contribution < 1.29 is 17.5 Å². The molecular formula is C21H28FN3O3S. The number of aliphatic imine (C=N–C) groups is 1. The maximum atomic E-state index is 13.8. The molecule has 2 aromatic carbocycles. The number of hydrogen-bond donors (Lipinski definition) is 2. The summed E-state index contributed by atoms with van der Waals surface area (Å²) >= 11 is 0. The zero-order chi connectivity index (χ0) is 21.4. The quantitative estimate of drug-likeness (QED) is 0.505. The Labute approximate surface area is 172 Å². The Morgan fingerprint density at radius 3 is 2.62 bits per heavy atom. The van der Waals surface area contributed by atoms with Crippen LogP contribution in [0.3, 0.4) is 0 Å². The molecule has 2 aromatic rings. The summed E-state index contributed by atoms with van der Waals surface area (Å²) in [4.78, 5) is 4.05. The molecule has 0 radical (unpaired) electrons. The molecule has 0 amide bonds. The van der Waals surface area contributed by atoms with Crippen molar-refractivity contribution in [2.24, 2.45) is 4.99 Å². The lowest BCUT2D eigenvalue weighted by Gasteiger charge is -2.20. The van der Waals surface area contributed by atoms with Gasteiger partial charge in [-0.2, -0.15) is 0 Å². The van der Waals surface area contributed by atoms with Gasteiger partial charge in [0, 0.05) is 12.1 Å². The van der Waals surface area contributed by atoms with Crippen LogP contribution in [0.15, 0.2) is 52.4 Å². The smallest absolute Gasteiger partial charge is 0.191 e. The first-order valence-electron chi connectivity index (χ1n) is 9.45. The molecule has 0 aliphatic rings. The molecule has 2 N–H and O–H groups in total. The summed E-state index contributed by atoms with van der Waals surface area (Å²) in [6, 6.07) is 11.2. The van der Waals surface area contributed by atoms with Crippen LogP contribution in [0.5, 0.6) is 5.75 Å². The van der Waals surface area contributed by atoms with Crippen LogP contribution < -0.4 is 15.4 Å². The average molecular weight is 422 g/mol. The van der Waals surface area contributed by atoms with Crippen LogP contribution in [-0.2, 0) is 9.84 Å². The second kappa shape index (κ2) is 10.2. The number of halogens is 1. The van der Waals surface area contributed by atoms with E-state index >= 15 is 0 Å². The Bertz CT molecular complexity index is 961. The standard InChI is InChI=1S/C21H28FN3O3S/c1-5-23-21(25-16(3)17-14-15(2)10-11-19(17)28-4)24-12-13-29(26,27)20-9-7-6-8-18(20)22/h6-11,14,16H,5,12-13H2,1-4H3,(H2,23,24,25). The molecule has 0 aliphatic heterocycles. The van der Waals surface area contributed by atoms with Gasteiger partial charge in [-0.25, -0.2) is 12.8 Å². The van der Waals surface area contributed by atoms with Crippen molar-refractivity contribution in [3.63, 3.8) is 0 Å². The molecule has 0 fully saturated rings. The summed E-state index contributed by atoms with van der Waals surface area (Å²) in [5.41, 5.74) is 2.07. The molecule has 0 saturated heterocycles. The van der Waals surface area contributed by atoms with Crippen LogP contribution >= 0.6 is 0 Å². The average Bonchev–Trinajstić information content (AvgIpc) is 2.68. The van der Waals surface area contributed by atoms with Crippen molar-refractivity contribution in [2.45, 2.75) is 31.7 Å². The molecule has 0 heterocycles. The zero-order valence-corrected chi connectivity index (χ0v) is 18.0. The van der Waals surface area contributed by atoms with E-state index in [0.717, 1.165) is 22.9 Å². The Kier molecular flexibility index (Phi) is 8.01. The Hall–Kier alpha value is -2.61. The maximum absolute atomic E-state index is 13.8. The van der Waals surface area contributed by atoms with E-state index in [4.69, 9.17) is 4.74 Å². The van der Waals surface area contributed by atoms with Gasteiger partial charge in [-0.3, -0.25) is 4.99 Å². The minimum atomic E-state index is -3.76. The number of aryl methyl sites for hydroxylation is 1. The lowest BCUT2D eigenvalue weighted by molar-refractivity contribution is 0.405. The van der Waals surface area contributed by atoms with Crippen LogP contribution in [0.2, 0.25) is 0 Å². The van der Waals surface area contributed by atoms with Gasteiger partial charge in [0.1, 0.15) is 16.5 Å². The second-order valence-corrected chi connectivity index (χ2v) is 8.70. The molecular weight excluding hydrogens is 393 g/mol. The van der Waals surface area contributed by atoms with Gasteiger partial charge in [-0.15, -0.1) is 0 Å². The number of hydrogen-bond acceptors (Lipinski definition) is 4. The summed E-state index contributed by atoms with van der Waals surface area (Å²) in [7, 11) is -2.14. The topological polar surface area (TPSA) is 79.8 Å². The summed E-state index contributed by atoms with van der Waals surface area (Å²) in [5, 5.41) is 6.37. The number of guanidine groups is 1. The van der Waals surface area contributed by atoms with Crippen LogP contribution in [0, 0.1) is 12.7 Å². The van der Waals surface area contributed by atoms with Gasteiger partial charge in [-0.05, 0) is 39.0 Å². The third-order valence-electron chi connectivity index (χ3n) is 4.35. The number of methoxy groups -OCH3 is 1. The molecule has 8 heteroatoms. The van der Waals surface area contributed by atoms with E-state index in [0.29, 0.717) is 12.5 Å². The normalized spacial score (nSPS) is 13.1. The highest BCUT2D eigenvalue weighted by atomic mass is 32.2. The van der Waals surface area contributed by atoms with Crippen molar-refractivity contribution in [3.8, 4) is 5.75 Å². The summed E-state index contributed by atoms with van der Waals surface area (Å²) in [5.74, 6) is 0.203. The Morgan fingerprint density at radius 2 is 1.97 bits per heavy atom. The fourth-order valence-electron chi connectivity index (χ4n) is 2.88. The van der Waals surface area contributed by atoms with Crippen LogP contribution in [0.25, 0.3) is 0 Å². The zero-order valence-electron chi connectivity index (χ0n) is 17.2. The summed E-state index contributed by atoms with van der Waals surface area (Å²) in [6.07, 6.45) is 0. The first kappa shape index (κ1) is 22.7. The van der Waals surface area contributed by atoms with Gasteiger partial charge in [0.2, 0.25) is 0 Å². The fraction of sp³-hybridized carbons (Fsp3) is 0.381. The van der Waals surface area contributed by atoms with E-state index in [-0.39, 0.29) is 23.2 Å². The molecule has 1 unspecified atom stereocenters. The van der Waals surface area contributed by atoms with Gasteiger partial charge >= 0.3 is 0 Å². The highest BCUT2D eigenvalue weighted by Gasteiger charge is 2.18. The monoisotopic (exact) mass is 421 g/mol. The van der Waals surface area contributed by atoms with Gasteiger partial charge in [0.25, 0.3) is 0 Å². The second-order valence-electron chi connectivity index (χ2n) is 6.62. The largest absolute Gasteiger partial charge is 0.496 e. The Morgan fingerprint density at radius 1 is 1.24 bits per heavy atom. The number of sulfone groups is 1. The van der Waals surface area contributed by atoms with E-state index in [1.807, 2.05) is 39.0 Å². The molecule has 0 spiro atoms. The van der Waals surface area contributed by atoms with Crippen LogP contribution in [-0.4, -0.2) is 40.3 Å². The SMILES string of the molecule is CCNC(=NCCS(=O)(=O)c1ccccc1F)NC(C)c1cc(C)ccc1OC. The van der Waals surface area contributed by atoms with E-state index in [9.17, 15) is 12.8 Å². The minimum absolute atomic E-state index is 0.00364. The third kappa shape index (κ3) is 6.19. The van der Waals surface area contributed by atoms with Crippen LogP contribution in [0.1, 0.15) is 31.0 Å². The minimum Gasteiger partial charge on any atom is -0.496 e.